The number of fused-ring (bicyclic) bond motifs is 1. The molecule has 0 radical (unpaired) electrons. The van der Waals surface area contributed by atoms with Gasteiger partial charge in [-0.1, -0.05) is 0 Å². The van der Waals surface area contributed by atoms with Crippen molar-refractivity contribution in [3.8, 4) is 0 Å². The van der Waals surface area contributed by atoms with Crippen LogP contribution in [0.15, 0.2) is 18.2 Å². The number of ether oxygens (including phenoxy) is 1. The number of benzene rings is 1. The zero-order valence-electron chi connectivity index (χ0n) is 9.16. The molecule has 0 fully saturated rings. The topological polar surface area (TPSA) is 29.9 Å². The predicted octanol–water partition coefficient (Wildman–Crippen LogP) is 3.05. The molecule has 5 heteroatoms. The van der Waals surface area contributed by atoms with Crippen molar-refractivity contribution in [2.45, 2.75) is 13.0 Å². The summed E-state index contributed by atoms with van der Waals surface area (Å²) in [7, 11) is 1.65. The molecule has 0 saturated heterocycles. The Morgan fingerprint density at radius 2 is 2.31 bits per heavy atom. The Labute approximate surface area is 97.8 Å². The molecule has 0 bridgehead atoms. The molecule has 0 saturated carbocycles. The summed E-state index contributed by atoms with van der Waals surface area (Å²) in [5.74, 6) is -0.268. The Balaban J connectivity index is 2.60. The van der Waals surface area contributed by atoms with Gasteiger partial charge in [0.15, 0.2) is 4.77 Å². The SMILES string of the molecule is COCC(C)n1c(=S)[nH]c2cc(F)ccc21. The molecule has 2 aromatic rings. The van der Waals surface area contributed by atoms with E-state index in [0.717, 1.165) is 5.52 Å². The molecule has 1 unspecified atom stereocenters. The Morgan fingerprint density at radius 3 is 3.00 bits per heavy atom. The summed E-state index contributed by atoms with van der Waals surface area (Å²) in [6.45, 7) is 2.58. The minimum atomic E-state index is -0.268. The Morgan fingerprint density at radius 1 is 1.56 bits per heavy atom. The quantitative estimate of drug-likeness (QED) is 0.836. The van der Waals surface area contributed by atoms with Crippen molar-refractivity contribution in [3.05, 3.63) is 28.8 Å². The third-order valence-electron chi connectivity index (χ3n) is 2.53. The van der Waals surface area contributed by atoms with Crippen molar-refractivity contribution >= 4 is 23.3 Å². The molecule has 0 aliphatic heterocycles. The number of H-pyrrole nitrogens is 1. The fourth-order valence-corrected chi connectivity index (χ4v) is 2.24. The molecule has 3 nitrogen and oxygen atoms in total. The number of nitrogens with zero attached hydrogens (tertiary/aromatic N) is 1. The van der Waals surface area contributed by atoms with Crippen molar-refractivity contribution in [1.82, 2.24) is 9.55 Å². The highest BCUT2D eigenvalue weighted by atomic mass is 32.1. The Hall–Kier alpha value is -1.20. The van der Waals surface area contributed by atoms with E-state index in [1.165, 1.54) is 12.1 Å². The highest BCUT2D eigenvalue weighted by molar-refractivity contribution is 7.71. The Bertz CT molecular complexity index is 561. The van der Waals surface area contributed by atoms with Crippen molar-refractivity contribution in [2.75, 3.05) is 13.7 Å². The van der Waals surface area contributed by atoms with E-state index in [9.17, 15) is 4.39 Å². The van der Waals surface area contributed by atoms with Crippen LogP contribution in [-0.2, 0) is 4.74 Å². The number of hydrogen-bond donors (Lipinski definition) is 1. The van der Waals surface area contributed by atoms with Crippen molar-refractivity contribution in [2.24, 2.45) is 0 Å². The summed E-state index contributed by atoms with van der Waals surface area (Å²) < 4.78 is 20.7. The van der Waals surface area contributed by atoms with Gasteiger partial charge in [-0.25, -0.2) is 4.39 Å². The monoisotopic (exact) mass is 240 g/mol. The zero-order chi connectivity index (χ0) is 11.7. The molecule has 1 aromatic carbocycles. The molecule has 1 N–H and O–H groups in total. The minimum Gasteiger partial charge on any atom is -0.383 e. The number of aromatic nitrogens is 2. The summed E-state index contributed by atoms with van der Waals surface area (Å²) in [5.41, 5.74) is 1.61. The number of rotatable bonds is 3. The fourth-order valence-electron chi connectivity index (χ4n) is 1.86. The Kier molecular flexibility index (Phi) is 3.07. The van der Waals surface area contributed by atoms with Crippen LogP contribution in [0, 0.1) is 10.6 Å². The van der Waals surface area contributed by atoms with Crippen LogP contribution >= 0.6 is 12.2 Å². The van der Waals surface area contributed by atoms with Gasteiger partial charge in [-0.2, -0.15) is 0 Å². The van der Waals surface area contributed by atoms with E-state index in [1.807, 2.05) is 11.5 Å². The van der Waals surface area contributed by atoms with Crippen LogP contribution in [0.5, 0.6) is 0 Å². The lowest BCUT2D eigenvalue weighted by atomic mass is 10.3. The summed E-state index contributed by atoms with van der Waals surface area (Å²) >= 11 is 5.22. The smallest absolute Gasteiger partial charge is 0.178 e. The second-order valence-corrected chi connectivity index (χ2v) is 4.15. The molecule has 1 atom stereocenters. The van der Waals surface area contributed by atoms with E-state index < -0.39 is 0 Å². The third-order valence-corrected chi connectivity index (χ3v) is 2.83. The van der Waals surface area contributed by atoms with Gasteiger partial charge < -0.3 is 14.3 Å². The predicted molar refractivity (Wildman–Crippen MR) is 63.7 cm³/mol. The van der Waals surface area contributed by atoms with Gasteiger partial charge in [0, 0.05) is 7.11 Å². The van der Waals surface area contributed by atoms with Crippen LogP contribution in [-0.4, -0.2) is 23.3 Å². The molecule has 1 aromatic heterocycles. The summed E-state index contributed by atoms with van der Waals surface area (Å²) in [4.78, 5) is 2.99. The lowest BCUT2D eigenvalue weighted by Crippen LogP contribution is -2.10. The standard InChI is InChI=1S/C11H13FN2OS/c1-7(6-15-2)14-10-4-3-8(12)5-9(10)13-11(14)16/h3-5,7H,6H2,1-2H3,(H,13,16). The number of imidazole rings is 1. The van der Waals surface area contributed by atoms with E-state index in [0.29, 0.717) is 16.9 Å². The summed E-state index contributed by atoms with van der Waals surface area (Å²) in [6, 6.07) is 4.72. The van der Waals surface area contributed by atoms with Crippen molar-refractivity contribution in [3.63, 3.8) is 0 Å². The zero-order valence-corrected chi connectivity index (χ0v) is 9.97. The number of hydrogen-bond acceptors (Lipinski definition) is 2. The van der Waals surface area contributed by atoms with Crippen LogP contribution in [0.3, 0.4) is 0 Å². The first-order valence-corrected chi connectivity index (χ1v) is 5.43. The van der Waals surface area contributed by atoms with Gasteiger partial charge in [0.25, 0.3) is 0 Å². The maximum Gasteiger partial charge on any atom is 0.178 e. The molecular weight excluding hydrogens is 227 g/mol. The number of nitrogens with one attached hydrogen (secondary N) is 1. The molecule has 0 amide bonds. The van der Waals surface area contributed by atoms with E-state index in [1.54, 1.807) is 13.2 Å². The largest absolute Gasteiger partial charge is 0.383 e. The third kappa shape index (κ3) is 1.88. The molecule has 16 heavy (non-hydrogen) atoms. The highest BCUT2D eigenvalue weighted by Crippen LogP contribution is 2.20. The van der Waals surface area contributed by atoms with E-state index in [-0.39, 0.29) is 11.9 Å². The lowest BCUT2D eigenvalue weighted by molar-refractivity contribution is 0.163. The maximum absolute atomic E-state index is 13.0. The van der Waals surface area contributed by atoms with Gasteiger partial charge in [-0.15, -0.1) is 0 Å². The van der Waals surface area contributed by atoms with Gasteiger partial charge in [-0.3, -0.25) is 0 Å². The van der Waals surface area contributed by atoms with Crippen LogP contribution in [0.1, 0.15) is 13.0 Å². The van der Waals surface area contributed by atoms with Gasteiger partial charge in [0.1, 0.15) is 5.82 Å². The number of halogens is 1. The fraction of sp³-hybridized carbons (Fsp3) is 0.364. The van der Waals surface area contributed by atoms with Crippen LogP contribution in [0.25, 0.3) is 11.0 Å². The average molecular weight is 240 g/mol. The summed E-state index contributed by atoms with van der Waals surface area (Å²) in [6.07, 6.45) is 0. The summed E-state index contributed by atoms with van der Waals surface area (Å²) in [5, 5.41) is 0. The van der Waals surface area contributed by atoms with E-state index in [2.05, 4.69) is 4.98 Å². The molecular formula is C11H13FN2OS. The van der Waals surface area contributed by atoms with Crippen molar-refractivity contribution < 1.29 is 9.13 Å². The molecule has 0 aliphatic carbocycles. The second-order valence-electron chi connectivity index (χ2n) is 3.77. The lowest BCUT2D eigenvalue weighted by Gasteiger charge is -2.13. The average Bonchev–Trinajstić information content (AvgIpc) is 2.53. The van der Waals surface area contributed by atoms with Gasteiger partial charge in [0.2, 0.25) is 0 Å². The minimum absolute atomic E-state index is 0.122. The van der Waals surface area contributed by atoms with E-state index in [4.69, 9.17) is 17.0 Å². The first kappa shape index (κ1) is 11.3. The molecule has 86 valence electrons. The normalized spacial score (nSPS) is 13.2. The van der Waals surface area contributed by atoms with E-state index >= 15 is 0 Å². The molecule has 0 aliphatic rings. The van der Waals surface area contributed by atoms with Gasteiger partial charge in [0.05, 0.1) is 23.7 Å². The highest BCUT2D eigenvalue weighted by Gasteiger charge is 2.11. The van der Waals surface area contributed by atoms with Gasteiger partial charge >= 0.3 is 0 Å². The molecule has 0 spiro atoms. The first-order valence-electron chi connectivity index (χ1n) is 5.02. The van der Waals surface area contributed by atoms with Gasteiger partial charge in [-0.05, 0) is 37.3 Å². The second kappa shape index (κ2) is 4.35. The number of aromatic amines is 1. The number of methoxy groups -OCH3 is 1. The molecule has 1 heterocycles. The first-order chi connectivity index (χ1) is 7.63. The maximum atomic E-state index is 13.0. The van der Waals surface area contributed by atoms with Crippen LogP contribution in [0.4, 0.5) is 4.39 Å². The van der Waals surface area contributed by atoms with Crippen LogP contribution < -0.4 is 0 Å². The van der Waals surface area contributed by atoms with Crippen molar-refractivity contribution in [1.29, 1.82) is 0 Å². The molecule has 2 rings (SSSR count). The van der Waals surface area contributed by atoms with Crippen LogP contribution in [0.2, 0.25) is 0 Å².